The Kier molecular flexibility index (Phi) is 4.80. The summed E-state index contributed by atoms with van der Waals surface area (Å²) in [6, 6.07) is -0.610. The maximum Gasteiger partial charge on any atom is 0.326 e. The minimum absolute atomic E-state index is 0.0151. The van der Waals surface area contributed by atoms with Crippen LogP contribution in [0.15, 0.2) is 0 Å². The number of carbonyl (C=O) groups is 2. The summed E-state index contributed by atoms with van der Waals surface area (Å²) in [6.45, 7) is 4.42. The molecular formula is C14H24N2O3. The van der Waals surface area contributed by atoms with Gasteiger partial charge in [0.2, 0.25) is 5.91 Å². The van der Waals surface area contributed by atoms with Crippen LogP contribution in [0.3, 0.4) is 0 Å². The zero-order valence-electron chi connectivity index (χ0n) is 11.6. The standard InChI is InChI=1S/C14H24N2O3/c1-2-10-5-8-16(12(9-10)14(18)19)13(17)11-3-6-15-7-4-11/h10-12,15H,2-9H2,1H3,(H,18,19). The van der Waals surface area contributed by atoms with E-state index in [1.807, 2.05) is 0 Å². The average molecular weight is 268 g/mol. The molecule has 0 aromatic heterocycles. The molecule has 2 fully saturated rings. The smallest absolute Gasteiger partial charge is 0.326 e. The molecule has 19 heavy (non-hydrogen) atoms. The summed E-state index contributed by atoms with van der Waals surface area (Å²) in [5.41, 5.74) is 0. The lowest BCUT2D eigenvalue weighted by Crippen LogP contribution is -2.53. The van der Waals surface area contributed by atoms with Gasteiger partial charge in [-0.2, -0.15) is 0 Å². The quantitative estimate of drug-likeness (QED) is 0.804. The molecule has 2 aliphatic heterocycles. The van der Waals surface area contributed by atoms with Gasteiger partial charge in [-0.25, -0.2) is 4.79 Å². The predicted molar refractivity (Wildman–Crippen MR) is 71.7 cm³/mol. The van der Waals surface area contributed by atoms with E-state index in [1.54, 1.807) is 4.90 Å². The maximum absolute atomic E-state index is 12.5. The summed E-state index contributed by atoms with van der Waals surface area (Å²) in [5, 5.41) is 12.6. The number of nitrogens with one attached hydrogen (secondary N) is 1. The van der Waals surface area contributed by atoms with Crippen LogP contribution in [0.5, 0.6) is 0 Å². The van der Waals surface area contributed by atoms with Gasteiger partial charge < -0.3 is 15.3 Å². The van der Waals surface area contributed by atoms with Crippen LogP contribution >= 0.6 is 0 Å². The van der Waals surface area contributed by atoms with E-state index in [4.69, 9.17) is 0 Å². The van der Waals surface area contributed by atoms with Crippen molar-refractivity contribution in [1.29, 1.82) is 0 Å². The normalized spacial score (nSPS) is 29.2. The molecule has 2 saturated heterocycles. The zero-order chi connectivity index (χ0) is 13.8. The van der Waals surface area contributed by atoms with Gasteiger partial charge in [0.15, 0.2) is 0 Å². The third-order valence-corrected chi connectivity index (χ3v) is 4.54. The lowest BCUT2D eigenvalue weighted by molar-refractivity contribution is -0.155. The second-order valence-corrected chi connectivity index (χ2v) is 5.71. The van der Waals surface area contributed by atoms with Crippen molar-refractivity contribution in [1.82, 2.24) is 10.2 Å². The van der Waals surface area contributed by atoms with Gasteiger partial charge in [0.25, 0.3) is 0 Å². The second-order valence-electron chi connectivity index (χ2n) is 5.71. The van der Waals surface area contributed by atoms with Crippen molar-refractivity contribution in [3.8, 4) is 0 Å². The van der Waals surface area contributed by atoms with Crippen LogP contribution in [0.4, 0.5) is 0 Å². The Morgan fingerprint density at radius 2 is 1.95 bits per heavy atom. The van der Waals surface area contributed by atoms with E-state index >= 15 is 0 Å². The Balaban J connectivity index is 2.03. The van der Waals surface area contributed by atoms with Crippen molar-refractivity contribution in [2.24, 2.45) is 11.8 Å². The van der Waals surface area contributed by atoms with Crippen molar-refractivity contribution >= 4 is 11.9 Å². The molecule has 2 aliphatic rings. The van der Waals surface area contributed by atoms with Gasteiger partial charge in [0.05, 0.1) is 0 Å². The Labute approximate surface area is 114 Å². The minimum atomic E-state index is -0.847. The van der Waals surface area contributed by atoms with Crippen molar-refractivity contribution in [3.63, 3.8) is 0 Å². The summed E-state index contributed by atoms with van der Waals surface area (Å²) in [4.78, 5) is 25.5. The third-order valence-electron chi connectivity index (χ3n) is 4.54. The molecule has 0 aliphatic carbocycles. The Bertz CT molecular complexity index is 340. The Hall–Kier alpha value is -1.10. The van der Waals surface area contributed by atoms with E-state index in [1.165, 1.54) is 0 Å². The van der Waals surface area contributed by atoms with Gasteiger partial charge in [0.1, 0.15) is 6.04 Å². The van der Waals surface area contributed by atoms with Gasteiger partial charge in [-0.05, 0) is 44.7 Å². The fourth-order valence-corrected chi connectivity index (χ4v) is 3.21. The first-order valence-electron chi connectivity index (χ1n) is 7.37. The molecule has 108 valence electrons. The highest BCUT2D eigenvalue weighted by atomic mass is 16.4. The van der Waals surface area contributed by atoms with Crippen molar-refractivity contribution < 1.29 is 14.7 Å². The first-order chi connectivity index (χ1) is 9.13. The molecule has 0 bridgehead atoms. The van der Waals surface area contributed by atoms with E-state index in [0.29, 0.717) is 18.9 Å². The number of likely N-dealkylation sites (tertiary alicyclic amines) is 1. The number of carboxylic acid groups (broad SMARTS) is 1. The number of carboxylic acids is 1. The van der Waals surface area contributed by atoms with Gasteiger partial charge in [0, 0.05) is 12.5 Å². The molecular weight excluding hydrogens is 244 g/mol. The number of aliphatic carboxylic acids is 1. The molecule has 2 heterocycles. The molecule has 2 atom stereocenters. The molecule has 0 saturated carbocycles. The summed E-state index contributed by atoms with van der Waals surface area (Å²) < 4.78 is 0. The van der Waals surface area contributed by atoms with Gasteiger partial charge in [-0.3, -0.25) is 4.79 Å². The largest absolute Gasteiger partial charge is 0.480 e. The molecule has 2 rings (SSSR count). The number of hydrogen-bond donors (Lipinski definition) is 2. The number of carbonyl (C=O) groups excluding carboxylic acids is 1. The van der Waals surface area contributed by atoms with E-state index in [-0.39, 0.29) is 11.8 Å². The summed E-state index contributed by atoms with van der Waals surface area (Å²) in [7, 11) is 0. The second kappa shape index (κ2) is 6.37. The van der Waals surface area contributed by atoms with Crippen LogP contribution in [0.25, 0.3) is 0 Å². The topological polar surface area (TPSA) is 69.6 Å². The maximum atomic E-state index is 12.5. The molecule has 0 aromatic carbocycles. The van der Waals surface area contributed by atoms with E-state index < -0.39 is 12.0 Å². The SMILES string of the molecule is CCC1CCN(C(=O)C2CCNCC2)C(C(=O)O)C1. The zero-order valence-corrected chi connectivity index (χ0v) is 11.6. The molecule has 5 nitrogen and oxygen atoms in total. The van der Waals surface area contributed by atoms with Crippen molar-refractivity contribution in [2.45, 2.75) is 45.1 Å². The molecule has 1 amide bonds. The van der Waals surface area contributed by atoms with Gasteiger partial charge >= 0.3 is 5.97 Å². The minimum Gasteiger partial charge on any atom is -0.480 e. The van der Waals surface area contributed by atoms with Crippen LogP contribution in [-0.4, -0.2) is 47.6 Å². The fourth-order valence-electron chi connectivity index (χ4n) is 3.21. The van der Waals surface area contributed by atoms with Gasteiger partial charge in [-0.15, -0.1) is 0 Å². The highest BCUT2D eigenvalue weighted by molar-refractivity contribution is 5.85. The fraction of sp³-hybridized carbons (Fsp3) is 0.857. The number of nitrogens with zero attached hydrogens (tertiary/aromatic N) is 1. The highest BCUT2D eigenvalue weighted by Crippen LogP contribution is 2.28. The number of hydrogen-bond acceptors (Lipinski definition) is 3. The summed E-state index contributed by atoms with van der Waals surface area (Å²) >= 11 is 0. The molecule has 2 unspecified atom stereocenters. The Morgan fingerprint density at radius 1 is 1.26 bits per heavy atom. The first-order valence-corrected chi connectivity index (χ1v) is 7.37. The molecule has 0 aromatic rings. The van der Waals surface area contributed by atoms with Crippen LogP contribution in [0.1, 0.15) is 39.0 Å². The molecule has 5 heteroatoms. The number of piperidine rings is 2. The monoisotopic (exact) mass is 268 g/mol. The van der Waals surface area contributed by atoms with Crippen LogP contribution in [0.2, 0.25) is 0 Å². The van der Waals surface area contributed by atoms with E-state index in [0.717, 1.165) is 38.8 Å². The average Bonchev–Trinajstić information content (AvgIpc) is 2.46. The van der Waals surface area contributed by atoms with E-state index in [9.17, 15) is 14.7 Å². The van der Waals surface area contributed by atoms with Gasteiger partial charge in [-0.1, -0.05) is 13.3 Å². The van der Waals surface area contributed by atoms with Crippen molar-refractivity contribution in [2.75, 3.05) is 19.6 Å². The van der Waals surface area contributed by atoms with Crippen LogP contribution < -0.4 is 5.32 Å². The summed E-state index contributed by atoms with van der Waals surface area (Å²) in [5.74, 6) is -0.330. The van der Waals surface area contributed by atoms with Crippen molar-refractivity contribution in [3.05, 3.63) is 0 Å². The van der Waals surface area contributed by atoms with Crippen LogP contribution in [0, 0.1) is 11.8 Å². The Morgan fingerprint density at radius 3 is 2.53 bits per heavy atom. The lowest BCUT2D eigenvalue weighted by Gasteiger charge is -2.39. The molecule has 2 N–H and O–H groups in total. The van der Waals surface area contributed by atoms with E-state index in [2.05, 4.69) is 12.2 Å². The van der Waals surface area contributed by atoms with Crippen LogP contribution in [-0.2, 0) is 9.59 Å². The highest BCUT2D eigenvalue weighted by Gasteiger charge is 2.38. The lowest BCUT2D eigenvalue weighted by atomic mass is 9.87. The first kappa shape index (κ1) is 14.3. The predicted octanol–water partition coefficient (Wildman–Crippen LogP) is 1.09. The molecule has 0 radical (unpaired) electrons. The number of amides is 1. The molecule has 0 spiro atoms. The number of rotatable bonds is 3. The summed E-state index contributed by atoms with van der Waals surface area (Å²) in [6.07, 6.45) is 4.22. The third kappa shape index (κ3) is 3.26.